The lowest BCUT2D eigenvalue weighted by atomic mass is 10.0. The second-order valence-corrected chi connectivity index (χ2v) is 7.40. The van der Waals surface area contributed by atoms with Crippen LogP contribution in [0.1, 0.15) is 26.3 Å². The Morgan fingerprint density at radius 2 is 1.16 bits per heavy atom. The van der Waals surface area contributed by atoms with E-state index in [1.807, 2.05) is 24.3 Å². The molecule has 0 N–H and O–H groups in total. The Morgan fingerprint density at radius 3 is 1.59 bits per heavy atom. The molecule has 0 spiro atoms. The van der Waals surface area contributed by atoms with Gasteiger partial charge in [-0.05, 0) is 49.6 Å². The molecule has 32 heavy (non-hydrogen) atoms. The highest BCUT2D eigenvalue weighted by Gasteiger charge is 2.13. The summed E-state index contributed by atoms with van der Waals surface area (Å²) in [5.74, 6) is -1.15. The summed E-state index contributed by atoms with van der Waals surface area (Å²) in [4.78, 5) is 35.4. The first-order chi connectivity index (χ1) is 15.1. The monoisotopic (exact) mass is 434 g/mol. The summed E-state index contributed by atoms with van der Waals surface area (Å²) in [6, 6.07) is 12.3. The molecule has 0 radical (unpaired) electrons. The lowest BCUT2D eigenvalue weighted by Crippen LogP contribution is -2.10. The molecule has 0 fully saturated rings. The number of rotatable bonds is 9. The van der Waals surface area contributed by atoms with Gasteiger partial charge in [0.2, 0.25) is 0 Å². The summed E-state index contributed by atoms with van der Waals surface area (Å²) in [5.41, 5.74) is 3.31. The summed E-state index contributed by atoms with van der Waals surface area (Å²) in [6.45, 7) is 15.6. The zero-order valence-electron chi connectivity index (χ0n) is 18.5. The fraction of sp³-hybridized carbons (Fsp3) is 0.192. The maximum absolute atomic E-state index is 12.0. The Morgan fingerprint density at radius 1 is 0.688 bits per heavy atom. The SMILES string of the molecule is C=C(C)C(=O)OCCc1ccc(-c2cc(OC(=O)C(=C)C)cc(OC(=O)C(=C)C)c2)cc1. The van der Waals surface area contributed by atoms with Crippen molar-refractivity contribution in [3.63, 3.8) is 0 Å². The van der Waals surface area contributed by atoms with Crippen molar-refractivity contribution in [2.45, 2.75) is 27.2 Å². The number of hydrogen-bond acceptors (Lipinski definition) is 6. The van der Waals surface area contributed by atoms with Gasteiger partial charge in [-0.3, -0.25) is 0 Å². The Bertz CT molecular complexity index is 1030. The van der Waals surface area contributed by atoms with E-state index in [4.69, 9.17) is 14.2 Å². The molecule has 0 atom stereocenters. The standard InChI is InChI=1S/C26H26O6/c1-16(2)24(27)30-12-11-19-7-9-20(10-8-19)21-13-22(31-25(28)17(3)4)15-23(14-21)32-26(29)18(5)6/h7-10,13-15H,1,3,5,11-12H2,2,4,6H3. The van der Waals surface area contributed by atoms with E-state index in [1.165, 1.54) is 6.07 Å². The predicted molar refractivity (Wildman–Crippen MR) is 122 cm³/mol. The number of ether oxygens (including phenoxy) is 3. The zero-order valence-corrected chi connectivity index (χ0v) is 18.5. The van der Waals surface area contributed by atoms with Crippen molar-refractivity contribution in [2.24, 2.45) is 0 Å². The molecule has 0 aromatic heterocycles. The van der Waals surface area contributed by atoms with Crippen molar-refractivity contribution in [3.8, 4) is 22.6 Å². The minimum Gasteiger partial charge on any atom is -0.462 e. The van der Waals surface area contributed by atoms with Crippen LogP contribution in [0, 0.1) is 0 Å². The average molecular weight is 434 g/mol. The molecule has 0 saturated heterocycles. The van der Waals surface area contributed by atoms with Crippen LogP contribution in [0.5, 0.6) is 11.5 Å². The highest BCUT2D eigenvalue weighted by atomic mass is 16.5. The lowest BCUT2D eigenvalue weighted by Gasteiger charge is -2.12. The Balaban J connectivity index is 2.25. The molecule has 0 unspecified atom stereocenters. The Kier molecular flexibility index (Phi) is 8.30. The van der Waals surface area contributed by atoms with Crippen LogP contribution in [-0.2, 0) is 25.5 Å². The predicted octanol–water partition coefficient (Wildman–Crippen LogP) is 4.98. The van der Waals surface area contributed by atoms with Gasteiger partial charge in [0.1, 0.15) is 11.5 Å². The van der Waals surface area contributed by atoms with Crippen LogP contribution in [0.3, 0.4) is 0 Å². The maximum Gasteiger partial charge on any atom is 0.338 e. The number of carbonyl (C=O) groups is 3. The lowest BCUT2D eigenvalue weighted by molar-refractivity contribution is -0.139. The van der Waals surface area contributed by atoms with Gasteiger partial charge < -0.3 is 14.2 Å². The van der Waals surface area contributed by atoms with Crippen molar-refractivity contribution in [2.75, 3.05) is 6.61 Å². The number of carbonyl (C=O) groups excluding carboxylic acids is 3. The molecule has 0 saturated carbocycles. The molecule has 2 rings (SSSR count). The second-order valence-electron chi connectivity index (χ2n) is 7.40. The number of hydrogen-bond donors (Lipinski definition) is 0. The molecular formula is C26H26O6. The van der Waals surface area contributed by atoms with Gasteiger partial charge >= 0.3 is 17.9 Å². The molecule has 0 aliphatic rings. The first-order valence-electron chi connectivity index (χ1n) is 9.89. The summed E-state index contributed by atoms with van der Waals surface area (Å²) in [5, 5.41) is 0. The number of benzene rings is 2. The van der Waals surface area contributed by atoms with E-state index < -0.39 is 17.9 Å². The van der Waals surface area contributed by atoms with E-state index in [0.717, 1.165) is 11.1 Å². The molecular weight excluding hydrogens is 408 g/mol. The second kappa shape index (κ2) is 10.9. The third kappa shape index (κ3) is 7.09. The quantitative estimate of drug-likeness (QED) is 0.315. The third-order valence-electron chi connectivity index (χ3n) is 4.26. The maximum atomic E-state index is 12.0. The molecule has 6 heteroatoms. The van der Waals surface area contributed by atoms with E-state index in [2.05, 4.69) is 19.7 Å². The molecule has 6 nitrogen and oxygen atoms in total. The minimum absolute atomic E-state index is 0.218. The fourth-order valence-corrected chi connectivity index (χ4v) is 2.49. The van der Waals surface area contributed by atoms with Gasteiger partial charge in [-0.25, -0.2) is 14.4 Å². The highest BCUT2D eigenvalue weighted by molar-refractivity contribution is 5.90. The van der Waals surface area contributed by atoms with Crippen LogP contribution < -0.4 is 9.47 Å². The van der Waals surface area contributed by atoms with Crippen molar-refractivity contribution < 1.29 is 28.6 Å². The average Bonchev–Trinajstić information content (AvgIpc) is 2.73. The van der Waals surface area contributed by atoms with E-state index in [-0.39, 0.29) is 29.3 Å². The van der Waals surface area contributed by atoms with Crippen LogP contribution in [0.2, 0.25) is 0 Å². The topological polar surface area (TPSA) is 78.9 Å². The normalized spacial score (nSPS) is 10.1. The van der Waals surface area contributed by atoms with Crippen LogP contribution in [0.15, 0.2) is 78.9 Å². The molecule has 0 aliphatic carbocycles. The molecule has 0 aliphatic heterocycles. The van der Waals surface area contributed by atoms with Gasteiger partial charge in [0.15, 0.2) is 0 Å². The van der Waals surface area contributed by atoms with Crippen molar-refractivity contribution in [1.29, 1.82) is 0 Å². The highest BCUT2D eigenvalue weighted by Crippen LogP contribution is 2.31. The van der Waals surface area contributed by atoms with Crippen LogP contribution in [-0.4, -0.2) is 24.5 Å². The molecule has 0 heterocycles. The summed E-state index contributed by atoms with van der Waals surface area (Å²) in [6.07, 6.45) is 0.553. The molecule has 2 aromatic rings. The van der Waals surface area contributed by atoms with Gasteiger partial charge in [0.25, 0.3) is 0 Å². The van der Waals surface area contributed by atoms with E-state index in [9.17, 15) is 14.4 Å². The van der Waals surface area contributed by atoms with Crippen LogP contribution in [0.4, 0.5) is 0 Å². The van der Waals surface area contributed by atoms with E-state index in [1.54, 1.807) is 32.9 Å². The van der Waals surface area contributed by atoms with Crippen molar-refractivity contribution in [1.82, 2.24) is 0 Å². The molecule has 2 aromatic carbocycles. The van der Waals surface area contributed by atoms with Crippen molar-refractivity contribution >= 4 is 17.9 Å². The summed E-state index contributed by atoms with van der Waals surface area (Å²) < 4.78 is 15.8. The molecule has 0 amide bonds. The Labute approximate surface area is 187 Å². The van der Waals surface area contributed by atoms with Crippen LogP contribution in [0.25, 0.3) is 11.1 Å². The van der Waals surface area contributed by atoms with Gasteiger partial charge in [0.05, 0.1) is 6.61 Å². The van der Waals surface area contributed by atoms with Gasteiger partial charge in [0, 0.05) is 29.2 Å². The molecule has 0 bridgehead atoms. The first kappa shape index (κ1) is 24.3. The van der Waals surface area contributed by atoms with Crippen molar-refractivity contribution in [3.05, 3.63) is 84.5 Å². The van der Waals surface area contributed by atoms with Gasteiger partial charge in [-0.2, -0.15) is 0 Å². The van der Waals surface area contributed by atoms with E-state index >= 15 is 0 Å². The van der Waals surface area contributed by atoms with Gasteiger partial charge in [-0.15, -0.1) is 0 Å². The molecule has 166 valence electrons. The Hall–Kier alpha value is -3.93. The third-order valence-corrected chi connectivity index (χ3v) is 4.26. The largest absolute Gasteiger partial charge is 0.462 e. The smallest absolute Gasteiger partial charge is 0.338 e. The fourth-order valence-electron chi connectivity index (χ4n) is 2.49. The summed E-state index contributed by atoms with van der Waals surface area (Å²) >= 11 is 0. The first-order valence-corrected chi connectivity index (χ1v) is 9.89. The zero-order chi connectivity index (χ0) is 23.8. The van der Waals surface area contributed by atoms with E-state index in [0.29, 0.717) is 17.6 Å². The number of esters is 3. The minimum atomic E-state index is -0.584. The summed E-state index contributed by atoms with van der Waals surface area (Å²) in [7, 11) is 0. The van der Waals surface area contributed by atoms with Gasteiger partial charge in [-0.1, -0.05) is 44.0 Å². The van der Waals surface area contributed by atoms with Crippen LogP contribution >= 0.6 is 0 Å².